The van der Waals surface area contributed by atoms with Crippen LogP contribution in [0.25, 0.3) is 0 Å². The summed E-state index contributed by atoms with van der Waals surface area (Å²) < 4.78 is 0. The Labute approximate surface area is 113 Å². The number of anilines is 1. The summed E-state index contributed by atoms with van der Waals surface area (Å²) >= 11 is 0. The predicted octanol–water partition coefficient (Wildman–Crippen LogP) is 0.353. The van der Waals surface area contributed by atoms with Crippen LogP contribution in [-0.2, 0) is 0 Å². The summed E-state index contributed by atoms with van der Waals surface area (Å²) in [6.07, 6.45) is 2.71. The molecule has 0 radical (unpaired) electrons. The van der Waals surface area contributed by atoms with E-state index in [1.165, 1.54) is 12.8 Å². The summed E-state index contributed by atoms with van der Waals surface area (Å²) in [5.74, 6) is 0.712. The molecular weight excluding hydrogens is 240 g/mol. The van der Waals surface area contributed by atoms with Crippen molar-refractivity contribution in [1.29, 1.82) is 5.41 Å². The van der Waals surface area contributed by atoms with Crippen molar-refractivity contribution in [3.8, 4) is 0 Å². The van der Waals surface area contributed by atoms with Gasteiger partial charge in [-0.2, -0.15) is 0 Å². The summed E-state index contributed by atoms with van der Waals surface area (Å²) in [7, 11) is 0. The molecule has 0 aromatic carbocycles. The van der Waals surface area contributed by atoms with E-state index in [4.69, 9.17) is 11.1 Å². The highest BCUT2D eigenvalue weighted by molar-refractivity contribution is 5.93. The standard InChI is InChI=1S/C13H20N6/c1-9-8-11(12(14)15)17-13(16-9)19-6-4-18(5-7-19)10-2-3-10/h8,10H,2-7H2,1H3,(H3,14,15). The van der Waals surface area contributed by atoms with Crippen LogP contribution in [0.2, 0.25) is 0 Å². The fourth-order valence-electron chi connectivity index (χ4n) is 2.56. The van der Waals surface area contributed by atoms with Crippen LogP contribution in [0.5, 0.6) is 0 Å². The van der Waals surface area contributed by atoms with E-state index in [0.29, 0.717) is 11.6 Å². The second kappa shape index (κ2) is 4.77. The monoisotopic (exact) mass is 260 g/mol. The van der Waals surface area contributed by atoms with Crippen molar-refractivity contribution in [2.24, 2.45) is 5.73 Å². The third-order valence-corrected chi connectivity index (χ3v) is 3.78. The van der Waals surface area contributed by atoms with Crippen molar-refractivity contribution in [2.45, 2.75) is 25.8 Å². The van der Waals surface area contributed by atoms with Gasteiger partial charge in [-0.25, -0.2) is 9.97 Å². The highest BCUT2D eigenvalue weighted by atomic mass is 15.3. The van der Waals surface area contributed by atoms with Crippen LogP contribution in [-0.4, -0.2) is 52.9 Å². The van der Waals surface area contributed by atoms with E-state index in [9.17, 15) is 0 Å². The SMILES string of the molecule is Cc1cc(C(=N)N)nc(N2CCN(C3CC3)CC2)n1. The molecule has 0 spiro atoms. The molecule has 19 heavy (non-hydrogen) atoms. The lowest BCUT2D eigenvalue weighted by Gasteiger charge is -2.35. The van der Waals surface area contributed by atoms with Gasteiger partial charge in [-0.15, -0.1) is 0 Å². The van der Waals surface area contributed by atoms with E-state index in [0.717, 1.165) is 37.9 Å². The van der Waals surface area contributed by atoms with E-state index in [-0.39, 0.29) is 5.84 Å². The Balaban J connectivity index is 1.73. The molecule has 2 heterocycles. The molecule has 6 heteroatoms. The maximum atomic E-state index is 7.50. The average molecular weight is 260 g/mol. The van der Waals surface area contributed by atoms with Gasteiger partial charge >= 0.3 is 0 Å². The van der Waals surface area contributed by atoms with Crippen molar-refractivity contribution < 1.29 is 0 Å². The number of rotatable bonds is 3. The van der Waals surface area contributed by atoms with Crippen molar-refractivity contribution in [3.63, 3.8) is 0 Å². The highest BCUT2D eigenvalue weighted by Crippen LogP contribution is 2.28. The first-order valence-electron chi connectivity index (χ1n) is 6.82. The van der Waals surface area contributed by atoms with E-state index >= 15 is 0 Å². The second-order valence-electron chi connectivity index (χ2n) is 5.36. The lowest BCUT2D eigenvalue weighted by Crippen LogP contribution is -2.47. The molecular formula is C13H20N6. The van der Waals surface area contributed by atoms with E-state index in [2.05, 4.69) is 19.8 Å². The molecule has 102 valence electrons. The minimum absolute atomic E-state index is 0.00312. The fourth-order valence-corrected chi connectivity index (χ4v) is 2.56. The zero-order valence-corrected chi connectivity index (χ0v) is 11.3. The number of piperazine rings is 1. The Kier molecular flexibility index (Phi) is 3.10. The Morgan fingerprint density at radius 3 is 2.53 bits per heavy atom. The summed E-state index contributed by atoms with van der Waals surface area (Å²) in [4.78, 5) is 13.6. The maximum Gasteiger partial charge on any atom is 0.226 e. The number of aryl methyl sites for hydroxylation is 1. The van der Waals surface area contributed by atoms with Crippen LogP contribution in [0, 0.1) is 12.3 Å². The Bertz CT molecular complexity index is 488. The number of nitrogens with zero attached hydrogens (tertiary/aromatic N) is 4. The summed E-state index contributed by atoms with van der Waals surface area (Å²) in [6, 6.07) is 2.58. The van der Waals surface area contributed by atoms with E-state index in [1.54, 1.807) is 6.07 Å². The van der Waals surface area contributed by atoms with Gasteiger partial charge < -0.3 is 10.6 Å². The normalized spacial score (nSPS) is 20.6. The molecule has 0 atom stereocenters. The number of aromatic nitrogens is 2. The molecule has 1 saturated carbocycles. The number of hydrogen-bond acceptors (Lipinski definition) is 5. The first-order valence-corrected chi connectivity index (χ1v) is 6.82. The van der Waals surface area contributed by atoms with Gasteiger partial charge in [0.05, 0.1) is 0 Å². The van der Waals surface area contributed by atoms with Crippen LogP contribution in [0.4, 0.5) is 5.95 Å². The molecule has 1 aromatic rings. The van der Waals surface area contributed by atoms with Crippen molar-refractivity contribution >= 4 is 11.8 Å². The van der Waals surface area contributed by atoms with Crippen LogP contribution in [0.1, 0.15) is 24.2 Å². The third-order valence-electron chi connectivity index (χ3n) is 3.78. The summed E-state index contributed by atoms with van der Waals surface area (Å²) in [5, 5.41) is 7.50. The highest BCUT2D eigenvalue weighted by Gasteiger charge is 2.31. The van der Waals surface area contributed by atoms with Crippen LogP contribution >= 0.6 is 0 Å². The minimum atomic E-state index is 0.00312. The summed E-state index contributed by atoms with van der Waals surface area (Å²) in [5.41, 5.74) is 6.90. The molecule has 1 aliphatic heterocycles. The second-order valence-corrected chi connectivity index (χ2v) is 5.36. The van der Waals surface area contributed by atoms with Crippen molar-refractivity contribution in [1.82, 2.24) is 14.9 Å². The largest absolute Gasteiger partial charge is 0.382 e. The molecule has 0 unspecified atom stereocenters. The maximum absolute atomic E-state index is 7.50. The molecule has 3 N–H and O–H groups in total. The molecule has 3 rings (SSSR count). The topological polar surface area (TPSA) is 82.1 Å². The lowest BCUT2D eigenvalue weighted by molar-refractivity contribution is 0.247. The third kappa shape index (κ3) is 2.68. The number of nitrogen functional groups attached to an aromatic ring is 1. The first-order chi connectivity index (χ1) is 9.13. The number of nitrogens with one attached hydrogen (secondary N) is 1. The number of nitrogens with two attached hydrogens (primary N) is 1. The molecule has 1 aliphatic carbocycles. The van der Waals surface area contributed by atoms with Gasteiger partial charge in [-0.1, -0.05) is 0 Å². The number of amidine groups is 1. The molecule has 6 nitrogen and oxygen atoms in total. The lowest BCUT2D eigenvalue weighted by atomic mass is 10.3. The smallest absolute Gasteiger partial charge is 0.226 e. The van der Waals surface area contributed by atoms with Gasteiger partial charge in [-0.05, 0) is 25.8 Å². The van der Waals surface area contributed by atoms with Gasteiger partial charge in [-0.3, -0.25) is 10.3 Å². The van der Waals surface area contributed by atoms with Gasteiger partial charge in [0.2, 0.25) is 5.95 Å². The Morgan fingerprint density at radius 2 is 1.95 bits per heavy atom. The Morgan fingerprint density at radius 1 is 1.26 bits per heavy atom. The van der Waals surface area contributed by atoms with Crippen LogP contribution in [0.15, 0.2) is 6.07 Å². The van der Waals surface area contributed by atoms with Crippen LogP contribution < -0.4 is 10.6 Å². The predicted molar refractivity (Wildman–Crippen MR) is 74.6 cm³/mol. The first kappa shape index (κ1) is 12.3. The van der Waals surface area contributed by atoms with Crippen molar-refractivity contribution in [3.05, 3.63) is 17.5 Å². The van der Waals surface area contributed by atoms with E-state index < -0.39 is 0 Å². The average Bonchev–Trinajstić information content (AvgIpc) is 3.22. The Hall–Kier alpha value is -1.69. The zero-order chi connectivity index (χ0) is 13.4. The molecule has 0 bridgehead atoms. The molecule has 1 saturated heterocycles. The number of hydrogen-bond donors (Lipinski definition) is 2. The quantitative estimate of drug-likeness (QED) is 0.605. The fraction of sp³-hybridized carbons (Fsp3) is 0.615. The van der Waals surface area contributed by atoms with Gasteiger partial charge in [0.1, 0.15) is 11.5 Å². The van der Waals surface area contributed by atoms with Crippen molar-refractivity contribution in [2.75, 3.05) is 31.1 Å². The van der Waals surface area contributed by atoms with Gasteiger partial charge in [0.25, 0.3) is 0 Å². The van der Waals surface area contributed by atoms with E-state index in [1.807, 2.05) is 6.92 Å². The minimum Gasteiger partial charge on any atom is -0.382 e. The molecule has 2 aliphatic rings. The van der Waals surface area contributed by atoms with Gasteiger partial charge in [0, 0.05) is 37.9 Å². The molecule has 1 aromatic heterocycles. The molecule has 0 amide bonds. The van der Waals surface area contributed by atoms with Crippen LogP contribution in [0.3, 0.4) is 0 Å². The molecule has 2 fully saturated rings. The zero-order valence-electron chi connectivity index (χ0n) is 11.3. The summed E-state index contributed by atoms with van der Waals surface area (Å²) in [6.45, 7) is 5.99. The van der Waals surface area contributed by atoms with Gasteiger partial charge in [0.15, 0.2) is 0 Å².